The number of carboxylic acid groups (broad SMARTS) is 2. The van der Waals surface area contributed by atoms with Crippen LogP contribution in [0.3, 0.4) is 0 Å². The molecule has 0 saturated carbocycles. The zero-order chi connectivity index (χ0) is 17.0. The fraction of sp³-hybridized carbons (Fsp3) is 0.467. The van der Waals surface area contributed by atoms with Crippen molar-refractivity contribution in [3.8, 4) is 11.5 Å². The molecular formula is C15H19NO7. The largest absolute Gasteiger partial charge is 0.539 e. The van der Waals surface area contributed by atoms with Gasteiger partial charge in [0.2, 0.25) is 0 Å². The number of phenolic OH excluding ortho intramolecular Hbond substituents is 2. The van der Waals surface area contributed by atoms with Crippen molar-refractivity contribution in [1.29, 1.82) is 0 Å². The van der Waals surface area contributed by atoms with Gasteiger partial charge in [-0.25, -0.2) is 4.79 Å². The zero-order valence-corrected chi connectivity index (χ0v) is 12.4. The van der Waals surface area contributed by atoms with E-state index in [4.69, 9.17) is 24.5 Å². The number of carbonyl (C=O) groups is 2. The number of aromatic hydroxyl groups is 2. The van der Waals surface area contributed by atoms with Crippen molar-refractivity contribution in [2.24, 2.45) is 0 Å². The molecule has 1 unspecified atom stereocenters. The van der Waals surface area contributed by atoms with E-state index in [1.165, 1.54) is 0 Å². The van der Waals surface area contributed by atoms with E-state index in [1.807, 2.05) is 6.07 Å². The smallest absolute Gasteiger partial charge is 0.351 e. The molecule has 0 aromatic heterocycles. The molecule has 0 radical (unpaired) electrons. The minimum atomic E-state index is -2.07. The summed E-state index contributed by atoms with van der Waals surface area (Å²) in [6, 6.07) is 3.47. The van der Waals surface area contributed by atoms with Crippen LogP contribution in [0.2, 0.25) is 0 Å². The molecule has 1 aliphatic carbocycles. The Morgan fingerprint density at radius 1 is 1.30 bits per heavy atom. The minimum Gasteiger partial charge on any atom is -0.539 e. The van der Waals surface area contributed by atoms with Crippen LogP contribution in [0.15, 0.2) is 12.1 Å². The maximum Gasteiger partial charge on any atom is 0.351 e. The van der Waals surface area contributed by atoms with Crippen molar-refractivity contribution in [2.75, 3.05) is 19.7 Å². The van der Waals surface area contributed by atoms with Gasteiger partial charge in [-0.2, -0.15) is 0 Å². The van der Waals surface area contributed by atoms with E-state index in [1.54, 1.807) is 6.07 Å². The van der Waals surface area contributed by atoms with Gasteiger partial charge >= 0.3 is 5.97 Å². The maximum absolute atomic E-state index is 9.94. The molecule has 1 saturated heterocycles. The Morgan fingerprint density at radius 3 is 2.57 bits per heavy atom. The van der Waals surface area contributed by atoms with Crippen molar-refractivity contribution >= 4 is 11.9 Å². The first kappa shape index (κ1) is 17.0. The first-order valence-corrected chi connectivity index (χ1v) is 7.31. The van der Waals surface area contributed by atoms with Crippen molar-refractivity contribution in [1.82, 2.24) is 0 Å². The number of aliphatic carboxylic acids is 2. The van der Waals surface area contributed by atoms with Crippen LogP contribution in [-0.4, -0.2) is 47.0 Å². The van der Waals surface area contributed by atoms with E-state index in [0.717, 1.165) is 50.1 Å². The average Bonchev–Trinajstić information content (AvgIpc) is 2.53. The first-order valence-electron chi connectivity index (χ1n) is 7.31. The summed E-state index contributed by atoms with van der Waals surface area (Å²) in [4.78, 5) is 18.0. The summed E-state index contributed by atoms with van der Waals surface area (Å²) in [6.07, 6.45) is 2.82. The number of phenols is 2. The van der Waals surface area contributed by atoms with E-state index in [9.17, 15) is 10.2 Å². The normalized spacial score (nSPS) is 22.6. The van der Waals surface area contributed by atoms with Gasteiger partial charge < -0.3 is 35.3 Å². The number of hydrogen-bond acceptors (Lipinski definition) is 6. The fourth-order valence-electron chi connectivity index (χ4n) is 3.08. The number of morpholine rings is 1. The predicted octanol–water partition coefficient (Wildman–Crippen LogP) is -1.96. The van der Waals surface area contributed by atoms with Crippen LogP contribution in [0, 0.1) is 0 Å². The minimum absolute atomic E-state index is 0.0272. The lowest BCUT2D eigenvalue weighted by atomic mass is 9.78. The molecule has 5 N–H and O–H groups in total. The van der Waals surface area contributed by atoms with Crippen molar-refractivity contribution < 1.29 is 40.1 Å². The third kappa shape index (κ3) is 3.54. The molecule has 1 fully saturated rings. The molecule has 1 spiro atoms. The van der Waals surface area contributed by atoms with Crippen LogP contribution in [0.5, 0.6) is 11.5 Å². The van der Waals surface area contributed by atoms with Crippen LogP contribution in [-0.2, 0) is 26.3 Å². The van der Waals surface area contributed by atoms with Gasteiger partial charge in [-0.1, -0.05) is 6.07 Å². The lowest BCUT2D eigenvalue weighted by Gasteiger charge is -2.40. The first-order chi connectivity index (χ1) is 10.9. The predicted molar refractivity (Wildman–Crippen MR) is 74.6 cm³/mol. The monoisotopic (exact) mass is 325 g/mol. The summed E-state index contributed by atoms with van der Waals surface area (Å²) in [5, 5.41) is 38.1. The number of hydrogen-bond donors (Lipinski definition) is 4. The van der Waals surface area contributed by atoms with E-state index in [-0.39, 0.29) is 17.1 Å². The van der Waals surface area contributed by atoms with Gasteiger partial charge in [-0.15, -0.1) is 0 Å². The summed E-state index contributed by atoms with van der Waals surface area (Å²) in [6.45, 7) is 2.66. The summed E-state index contributed by atoms with van der Waals surface area (Å²) in [7, 11) is 0. The van der Waals surface area contributed by atoms with E-state index < -0.39 is 11.9 Å². The number of rotatable bonds is 0. The molecule has 126 valence electrons. The van der Waals surface area contributed by atoms with E-state index in [0.29, 0.717) is 0 Å². The molecular weight excluding hydrogens is 306 g/mol. The topological polar surface area (TPSA) is 144 Å². The molecule has 8 nitrogen and oxygen atoms in total. The molecule has 1 atom stereocenters. The second kappa shape index (κ2) is 6.84. The number of carboxylic acids is 2. The van der Waals surface area contributed by atoms with Crippen molar-refractivity contribution in [3.05, 3.63) is 23.3 Å². The lowest BCUT2D eigenvalue weighted by molar-refractivity contribution is -0.688. The van der Waals surface area contributed by atoms with Crippen molar-refractivity contribution in [3.63, 3.8) is 0 Å². The molecule has 1 heterocycles. The summed E-state index contributed by atoms with van der Waals surface area (Å²) in [5.74, 6) is -4.00. The molecule has 2 aliphatic rings. The molecule has 3 rings (SSSR count). The number of quaternary nitrogens is 1. The Labute approximate surface area is 132 Å². The Bertz CT molecular complexity index is 596. The summed E-state index contributed by atoms with van der Waals surface area (Å²) >= 11 is 0. The molecule has 23 heavy (non-hydrogen) atoms. The van der Waals surface area contributed by atoms with Gasteiger partial charge in [0.1, 0.15) is 12.1 Å². The lowest BCUT2D eigenvalue weighted by Crippen LogP contribution is -2.91. The van der Waals surface area contributed by atoms with E-state index in [2.05, 4.69) is 5.32 Å². The standard InChI is InChI=1S/C13H17NO3.C2H2O4/c15-11-4-3-10-9(12(11)16)2-1-5-13(10)8-14-6-7-17-13;3-1(4)2(5)6/h3-4,14-16H,1-2,5-8H2;(H,3,4)(H,5,6). The highest BCUT2D eigenvalue weighted by atomic mass is 16.5. The molecule has 1 aromatic rings. The number of benzene rings is 1. The highest BCUT2D eigenvalue weighted by molar-refractivity contribution is 6.26. The molecule has 1 aromatic carbocycles. The van der Waals surface area contributed by atoms with Crippen LogP contribution in [0.4, 0.5) is 0 Å². The molecule has 8 heteroatoms. The van der Waals surface area contributed by atoms with Gasteiger partial charge in [0.05, 0.1) is 13.2 Å². The molecule has 0 amide bonds. The van der Waals surface area contributed by atoms with E-state index >= 15 is 0 Å². The highest BCUT2D eigenvalue weighted by Crippen LogP contribution is 2.44. The highest BCUT2D eigenvalue weighted by Gasteiger charge is 2.42. The third-order valence-electron chi connectivity index (χ3n) is 4.11. The van der Waals surface area contributed by atoms with Crippen LogP contribution in [0.1, 0.15) is 24.0 Å². The number of fused-ring (bicyclic) bond motifs is 2. The second-order valence-corrected chi connectivity index (χ2v) is 5.53. The maximum atomic E-state index is 9.94. The van der Waals surface area contributed by atoms with Crippen LogP contribution in [0.25, 0.3) is 0 Å². The quantitative estimate of drug-likeness (QED) is 0.320. The molecule has 1 aliphatic heterocycles. The van der Waals surface area contributed by atoms with Gasteiger partial charge in [0, 0.05) is 5.56 Å². The fourth-order valence-corrected chi connectivity index (χ4v) is 3.08. The van der Waals surface area contributed by atoms with Gasteiger partial charge in [0.15, 0.2) is 17.5 Å². The van der Waals surface area contributed by atoms with Crippen molar-refractivity contribution in [2.45, 2.75) is 24.9 Å². The van der Waals surface area contributed by atoms with Gasteiger partial charge in [0.25, 0.3) is 0 Å². The Balaban J connectivity index is 0.000000277. The zero-order valence-electron chi connectivity index (χ0n) is 12.4. The Hall–Kier alpha value is -2.32. The third-order valence-corrected chi connectivity index (χ3v) is 4.11. The van der Waals surface area contributed by atoms with Crippen LogP contribution >= 0.6 is 0 Å². The number of nitrogens with two attached hydrogens (primary N) is 1. The van der Waals surface area contributed by atoms with Gasteiger partial charge in [-0.3, -0.25) is 0 Å². The number of ether oxygens (including phenoxy) is 1. The average molecular weight is 325 g/mol. The molecule has 0 bridgehead atoms. The second-order valence-electron chi connectivity index (χ2n) is 5.53. The van der Waals surface area contributed by atoms with Crippen LogP contribution < -0.4 is 10.4 Å². The summed E-state index contributed by atoms with van der Waals surface area (Å²) in [5.41, 5.74) is 1.68. The summed E-state index contributed by atoms with van der Waals surface area (Å²) < 4.78 is 6.00. The Morgan fingerprint density at radius 2 is 2.00 bits per heavy atom. The number of carbonyl (C=O) groups excluding carboxylic acids is 1. The van der Waals surface area contributed by atoms with Gasteiger partial charge in [-0.05, 0) is 30.9 Å². The SMILES string of the molecule is O=C([O-])C(=O)O.Oc1ccc2c(c1O)CCCC21C[NH2+]CCO1. The Kier molecular flexibility index (Phi) is 5.07.